The lowest BCUT2D eigenvalue weighted by molar-refractivity contribution is -0.147. The van der Waals surface area contributed by atoms with Crippen LogP contribution in [0.15, 0.2) is 12.2 Å². The van der Waals surface area contributed by atoms with Crippen molar-refractivity contribution in [1.29, 1.82) is 0 Å². The van der Waals surface area contributed by atoms with Crippen LogP contribution in [0.2, 0.25) is 0 Å². The maximum absolute atomic E-state index is 12.3. The van der Waals surface area contributed by atoms with E-state index in [1.807, 2.05) is 38.1 Å². The molecule has 19 heavy (non-hydrogen) atoms. The van der Waals surface area contributed by atoms with Crippen molar-refractivity contribution in [3.63, 3.8) is 0 Å². The standard InChI is InChI=1S/C14H22N2O3/c1-8(16(2)3)7-15-13(17)11-9-4-5-10(6-9)12(11)14(18)19/h4-5,8-12H,6-7H2,1-3H3,(H,15,17)(H,18,19). The third-order valence-corrected chi connectivity index (χ3v) is 4.50. The van der Waals surface area contributed by atoms with Crippen molar-refractivity contribution in [3.05, 3.63) is 12.2 Å². The first kappa shape index (κ1) is 14.1. The van der Waals surface area contributed by atoms with Gasteiger partial charge in [0.05, 0.1) is 11.8 Å². The van der Waals surface area contributed by atoms with Crippen molar-refractivity contribution in [1.82, 2.24) is 10.2 Å². The van der Waals surface area contributed by atoms with Crippen LogP contribution in [0.1, 0.15) is 13.3 Å². The highest BCUT2D eigenvalue weighted by Crippen LogP contribution is 2.48. The molecule has 0 aromatic heterocycles. The van der Waals surface area contributed by atoms with E-state index in [9.17, 15) is 14.7 Å². The average molecular weight is 266 g/mol. The van der Waals surface area contributed by atoms with Crippen LogP contribution in [0.5, 0.6) is 0 Å². The number of fused-ring (bicyclic) bond motifs is 2. The second-order valence-electron chi connectivity index (χ2n) is 5.90. The Labute approximate surface area is 113 Å². The first-order valence-corrected chi connectivity index (χ1v) is 6.77. The van der Waals surface area contributed by atoms with E-state index in [2.05, 4.69) is 5.32 Å². The molecule has 0 aliphatic heterocycles. The summed E-state index contributed by atoms with van der Waals surface area (Å²) in [4.78, 5) is 25.6. The molecule has 5 heteroatoms. The van der Waals surface area contributed by atoms with E-state index in [4.69, 9.17) is 0 Å². The van der Waals surface area contributed by atoms with Gasteiger partial charge in [-0.25, -0.2) is 0 Å². The number of hydrogen-bond donors (Lipinski definition) is 2. The molecule has 2 aliphatic rings. The van der Waals surface area contributed by atoms with Gasteiger partial charge < -0.3 is 15.3 Å². The highest BCUT2D eigenvalue weighted by atomic mass is 16.4. The van der Waals surface area contributed by atoms with Crippen LogP contribution in [0.25, 0.3) is 0 Å². The summed E-state index contributed by atoms with van der Waals surface area (Å²) in [5.74, 6) is -1.78. The Balaban J connectivity index is 1.98. The molecule has 1 amide bonds. The van der Waals surface area contributed by atoms with Gasteiger partial charge in [0.15, 0.2) is 0 Å². The molecule has 106 valence electrons. The molecule has 1 saturated carbocycles. The van der Waals surface area contributed by atoms with Crippen molar-refractivity contribution in [2.75, 3.05) is 20.6 Å². The second kappa shape index (κ2) is 5.33. The highest BCUT2D eigenvalue weighted by Gasteiger charge is 2.51. The summed E-state index contributed by atoms with van der Waals surface area (Å²) in [5.41, 5.74) is 0. The van der Waals surface area contributed by atoms with Crippen LogP contribution in [0.4, 0.5) is 0 Å². The lowest BCUT2D eigenvalue weighted by atomic mass is 9.82. The second-order valence-corrected chi connectivity index (χ2v) is 5.90. The average Bonchev–Trinajstić information content (AvgIpc) is 2.94. The summed E-state index contributed by atoms with van der Waals surface area (Å²) in [6, 6.07) is 0.237. The van der Waals surface area contributed by atoms with Crippen LogP contribution in [0, 0.1) is 23.7 Å². The summed E-state index contributed by atoms with van der Waals surface area (Å²) < 4.78 is 0. The number of carbonyl (C=O) groups is 2. The number of carboxylic acids is 1. The Morgan fingerprint density at radius 3 is 2.42 bits per heavy atom. The largest absolute Gasteiger partial charge is 0.481 e. The minimum atomic E-state index is -0.849. The van der Waals surface area contributed by atoms with Crippen molar-refractivity contribution >= 4 is 11.9 Å². The maximum Gasteiger partial charge on any atom is 0.307 e. The van der Waals surface area contributed by atoms with E-state index in [1.165, 1.54) is 0 Å². The summed E-state index contributed by atoms with van der Waals surface area (Å²) in [6.07, 6.45) is 4.76. The number of carbonyl (C=O) groups excluding carboxylic acids is 1. The molecule has 2 aliphatic carbocycles. The minimum absolute atomic E-state index is 0.0320. The molecule has 5 unspecified atom stereocenters. The Bertz CT molecular complexity index is 405. The van der Waals surface area contributed by atoms with Gasteiger partial charge in [-0.15, -0.1) is 0 Å². The van der Waals surface area contributed by atoms with E-state index < -0.39 is 17.8 Å². The van der Waals surface area contributed by atoms with Crippen LogP contribution in [-0.4, -0.2) is 48.6 Å². The van der Waals surface area contributed by atoms with Gasteiger partial charge >= 0.3 is 5.97 Å². The highest BCUT2D eigenvalue weighted by molar-refractivity contribution is 5.86. The summed E-state index contributed by atoms with van der Waals surface area (Å²) in [6.45, 7) is 2.57. The molecule has 5 atom stereocenters. The number of aliphatic carboxylic acids is 1. The van der Waals surface area contributed by atoms with Crippen LogP contribution in [-0.2, 0) is 9.59 Å². The van der Waals surface area contributed by atoms with Gasteiger partial charge in [0.1, 0.15) is 0 Å². The van der Waals surface area contributed by atoms with Gasteiger partial charge in [-0.1, -0.05) is 12.2 Å². The van der Waals surface area contributed by atoms with Crippen molar-refractivity contribution in [2.45, 2.75) is 19.4 Å². The molecular weight excluding hydrogens is 244 g/mol. The first-order valence-electron chi connectivity index (χ1n) is 6.77. The molecule has 0 saturated heterocycles. The Morgan fingerprint density at radius 2 is 1.89 bits per heavy atom. The Kier molecular flexibility index (Phi) is 3.94. The van der Waals surface area contributed by atoms with Crippen molar-refractivity contribution in [3.8, 4) is 0 Å². The fraction of sp³-hybridized carbons (Fsp3) is 0.714. The third kappa shape index (κ3) is 2.66. The quantitative estimate of drug-likeness (QED) is 0.714. The fourth-order valence-electron chi connectivity index (χ4n) is 3.07. The van der Waals surface area contributed by atoms with E-state index >= 15 is 0 Å². The zero-order chi connectivity index (χ0) is 14.2. The molecule has 2 bridgehead atoms. The minimum Gasteiger partial charge on any atom is -0.481 e. The number of nitrogens with zero attached hydrogens (tertiary/aromatic N) is 1. The molecule has 0 heterocycles. The molecule has 0 aromatic rings. The maximum atomic E-state index is 12.3. The van der Waals surface area contributed by atoms with Crippen LogP contribution in [0.3, 0.4) is 0 Å². The smallest absolute Gasteiger partial charge is 0.307 e. The predicted octanol–water partition coefficient (Wildman–Crippen LogP) is 0.576. The molecule has 0 aromatic carbocycles. The van der Waals surface area contributed by atoms with Crippen LogP contribution >= 0.6 is 0 Å². The monoisotopic (exact) mass is 266 g/mol. The van der Waals surface area contributed by atoms with E-state index in [-0.39, 0.29) is 23.8 Å². The Morgan fingerprint density at radius 1 is 1.32 bits per heavy atom. The SMILES string of the molecule is CC(CNC(=O)C1C2C=CC(C2)C1C(=O)O)N(C)C. The van der Waals surface area contributed by atoms with Gasteiger partial charge in [0.2, 0.25) is 5.91 Å². The van der Waals surface area contributed by atoms with Crippen LogP contribution < -0.4 is 5.32 Å². The normalized spacial score (nSPS) is 33.7. The molecule has 0 spiro atoms. The van der Waals surface area contributed by atoms with E-state index in [0.717, 1.165) is 6.42 Å². The molecule has 2 rings (SSSR count). The molecule has 2 N–H and O–H groups in total. The molecule has 5 nitrogen and oxygen atoms in total. The number of amides is 1. The zero-order valence-corrected chi connectivity index (χ0v) is 11.7. The number of hydrogen-bond acceptors (Lipinski definition) is 3. The summed E-state index contributed by atoms with van der Waals surface area (Å²) in [7, 11) is 3.91. The van der Waals surface area contributed by atoms with E-state index in [1.54, 1.807) is 0 Å². The number of allylic oxidation sites excluding steroid dienone is 2. The molecule has 0 radical (unpaired) electrons. The predicted molar refractivity (Wildman–Crippen MR) is 71.5 cm³/mol. The summed E-state index contributed by atoms with van der Waals surface area (Å²) >= 11 is 0. The van der Waals surface area contributed by atoms with Gasteiger partial charge in [-0.3, -0.25) is 9.59 Å². The lowest BCUT2D eigenvalue weighted by Crippen LogP contribution is -2.44. The number of rotatable bonds is 5. The summed E-state index contributed by atoms with van der Waals surface area (Å²) in [5, 5.41) is 12.2. The van der Waals surface area contributed by atoms with Crippen molar-refractivity contribution in [2.24, 2.45) is 23.7 Å². The lowest BCUT2D eigenvalue weighted by Gasteiger charge is -2.26. The van der Waals surface area contributed by atoms with Gasteiger partial charge in [0.25, 0.3) is 0 Å². The number of likely N-dealkylation sites (N-methyl/N-ethyl adjacent to an activating group) is 1. The topological polar surface area (TPSA) is 69.6 Å². The molecule has 1 fully saturated rings. The fourth-order valence-corrected chi connectivity index (χ4v) is 3.07. The van der Waals surface area contributed by atoms with Gasteiger partial charge in [0, 0.05) is 12.6 Å². The van der Waals surface area contributed by atoms with E-state index in [0.29, 0.717) is 6.54 Å². The first-order chi connectivity index (χ1) is 8.91. The number of carboxylic acid groups (broad SMARTS) is 1. The zero-order valence-electron chi connectivity index (χ0n) is 11.7. The Hall–Kier alpha value is -1.36. The molecular formula is C14H22N2O3. The number of nitrogens with one attached hydrogen (secondary N) is 1. The van der Waals surface area contributed by atoms with Crippen molar-refractivity contribution < 1.29 is 14.7 Å². The third-order valence-electron chi connectivity index (χ3n) is 4.50. The van der Waals surface area contributed by atoms with Gasteiger partial charge in [-0.05, 0) is 39.3 Å². The van der Waals surface area contributed by atoms with Gasteiger partial charge in [-0.2, -0.15) is 0 Å².